The van der Waals surface area contributed by atoms with Crippen LogP contribution in [0.1, 0.15) is 20.7 Å². The van der Waals surface area contributed by atoms with E-state index in [1.165, 1.54) is 6.07 Å². The maximum absolute atomic E-state index is 14.6. The number of Topliss-reactive ketones (excluding diaryl/α,β-unsaturated/α-hetero) is 1. The van der Waals surface area contributed by atoms with E-state index in [4.69, 9.17) is 4.74 Å². The van der Waals surface area contributed by atoms with Gasteiger partial charge in [0.15, 0.2) is 0 Å². The van der Waals surface area contributed by atoms with Crippen molar-refractivity contribution in [1.29, 1.82) is 0 Å². The largest absolute Gasteiger partial charge is 0.454 e. The summed E-state index contributed by atoms with van der Waals surface area (Å²) in [5.74, 6) is -3.10. The summed E-state index contributed by atoms with van der Waals surface area (Å²) in [6, 6.07) is 8.62. The van der Waals surface area contributed by atoms with Crippen LogP contribution < -0.4 is 9.80 Å². The molecule has 2 fully saturated rings. The number of ether oxygens (including phenoxy) is 1. The molecule has 0 N–H and O–H groups in total. The molecule has 0 unspecified atom stereocenters. The Morgan fingerprint density at radius 3 is 2.11 bits per heavy atom. The fourth-order valence-electron chi connectivity index (χ4n) is 4.28. The van der Waals surface area contributed by atoms with Gasteiger partial charge in [-0.25, -0.2) is 4.39 Å². The van der Waals surface area contributed by atoms with Gasteiger partial charge >= 0.3 is 6.18 Å². The predicted octanol–water partition coefficient (Wildman–Crippen LogP) is 4.09. The fraction of sp³-hybridized carbons (Fsp3) is 0.417. The van der Waals surface area contributed by atoms with Crippen molar-refractivity contribution >= 4 is 34.8 Å². The van der Waals surface area contributed by atoms with E-state index in [9.17, 15) is 27.2 Å². The number of morpholine rings is 1. The molecule has 2 aliphatic heterocycles. The molecule has 2 aromatic carbocycles. The molecule has 188 valence electrons. The Labute approximate surface area is 204 Å². The van der Waals surface area contributed by atoms with E-state index in [0.717, 1.165) is 16.6 Å². The van der Waals surface area contributed by atoms with Gasteiger partial charge in [-0.05, 0) is 42.7 Å². The molecule has 4 rings (SSSR count). The van der Waals surface area contributed by atoms with E-state index in [-0.39, 0.29) is 11.6 Å². The Bertz CT molecular complexity index is 1100. The van der Waals surface area contributed by atoms with E-state index in [0.29, 0.717) is 64.1 Å². The normalized spacial score (nSPS) is 17.0. The molecular weight excluding hydrogens is 486 g/mol. The number of alkyl halides is 3. The number of halogens is 4. The number of rotatable bonds is 5. The standard InChI is InChI=1S/C24H25F4N3O3S/c1-35-17-3-5-20(30-10-12-34-13-11-30)18(15-17)23(33)31-8-6-29(7-9-31)21-4-2-16(14-19(21)25)22(32)24(26,27)28/h2-5,14-15H,6-13H2,1H3. The second kappa shape index (κ2) is 10.4. The molecule has 2 aromatic rings. The predicted molar refractivity (Wildman–Crippen MR) is 126 cm³/mol. The summed E-state index contributed by atoms with van der Waals surface area (Å²) in [4.78, 5) is 31.3. The highest BCUT2D eigenvalue weighted by Gasteiger charge is 2.39. The molecule has 0 aliphatic carbocycles. The molecule has 2 aliphatic rings. The highest BCUT2D eigenvalue weighted by atomic mass is 32.2. The van der Waals surface area contributed by atoms with Gasteiger partial charge in [-0.3, -0.25) is 9.59 Å². The highest BCUT2D eigenvalue weighted by Crippen LogP contribution is 2.30. The quantitative estimate of drug-likeness (QED) is 0.343. The number of hydrogen-bond acceptors (Lipinski definition) is 6. The molecule has 35 heavy (non-hydrogen) atoms. The van der Waals surface area contributed by atoms with Crippen LogP contribution in [0.15, 0.2) is 41.3 Å². The number of carbonyl (C=O) groups excluding carboxylic acids is 2. The van der Waals surface area contributed by atoms with Crippen LogP contribution in [0.3, 0.4) is 0 Å². The minimum absolute atomic E-state index is 0.106. The summed E-state index contributed by atoms with van der Waals surface area (Å²) in [7, 11) is 0. The topological polar surface area (TPSA) is 53.1 Å². The minimum atomic E-state index is -5.06. The van der Waals surface area contributed by atoms with Gasteiger partial charge in [0.2, 0.25) is 0 Å². The monoisotopic (exact) mass is 511 g/mol. The van der Waals surface area contributed by atoms with Crippen LogP contribution in [0.25, 0.3) is 0 Å². The van der Waals surface area contributed by atoms with Crippen LogP contribution >= 0.6 is 11.8 Å². The number of hydrogen-bond donors (Lipinski definition) is 0. The van der Waals surface area contributed by atoms with Crippen LogP contribution in [0.2, 0.25) is 0 Å². The number of piperazine rings is 1. The number of anilines is 2. The molecule has 0 spiro atoms. The highest BCUT2D eigenvalue weighted by molar-refractivity contribution is 7.98. The van der Waals surface area contributed by atoms with Crippen molar-refractivity contribution in [3.63, 3.8) is 0 Å². The first-order chi connectivity index (χ1) is 16.7. The van der Waals surface area contributed by atoms with Crippen molar-refractivity contribution in [3.05, 3.63) is 53.3 Å². The smallest absolute Gasteiger partial charge is 0.378 e. The van der Waals surface area contributed by atoms with E-state index in [1.54, 1.807) is 21.6 Å². The van der Waals surface area contributed by atoms with Gasteiger partial charge in [-0.15, -0.1) is 11.8 Å². The summed E-state index contributed by atoms with van der Waals surface area (Å²) in [5.41, 5.74) is 0.828. The summed E-state index contributed by atoms with van der Waals surface area (Å²) in [6.07, 6.45) is -3.12. The average molecular weight is 512 g/mol. The van der Waals surface area contributed by atoms with Crippen molar-refractivity contribution in [2.24, 2.45) is 0 Å². The maximum Gasteiger partial charge on any atom is 0.454 e. The fourth-order valence-corrected chi connectivity index (χ4v) is 4.72. The van der Waals surface area contributed by atoms with E-state index in [2.05, 4.69) is 4.90 Å². The molecular formula is C24H25F4N3O3S. The number of thioether (sulfide) groups is 1. The molecule has 1 amide bonds. The lowest BCUT2D eigenvalue weighted by atomic mass is 10.1. The zero-order valence-electron chi connectivity index (χ0n) is 19.1. The average Bonchev–Trinajstić information content (AvgIpc) is 2.87. The summed E-state index contributed by atoms with van der Waals surface area (Å²) in [5, 5.41) is 0. The molecule has 11 heteroatoms. The number of benzene rings is 2. The van der Waals surface area contributed by atoms with E-state index < -0.39 is 23.3 Å². The Kier molecular flexibility index (Phi) is 7.56. The number of ketones is 1. The van der Waals surface area contributed by atoms with Gasteiger partial charge in [0.05, 0.1) is 24.5 Å². The summed E-state index contributed by atoms with van der Waals surface area (Å²) in [6.45, 7) is 3.85. The molecule has 6 nitrogen and oxygen atoms in total. The number of nitrogens with zero attached hydrogens (tertiary/aromatic N) is 3. The van der Waals surface area contributed by atoms with Gasteiger partial charge in [-0.2, -0.15) is 13.2 Å². The lowest BCUT2D eigenvalue weighted by molar-refractivity contribution is -0.0885. The molecule has 0 radical (unpaired) electrons. The lowest BCUT2D eigenvalue weighted by Gasteiger charge is -2.37. The molecule has 0 saturated carbocycles. The number of amides is 1. The van der Waals surface area contributed by atoms with Crippen molar-refractivity contribution < 1.29 is 31.9 Å². The van der Waals surface area contributed by atoms with E-state index in [1.807, 2.05) is 24.5 Å². The molecule has 0 bridgehead atoms. The third-order valence-electron chi connectivity index (χ3n) is 6.16. The van der Waals surface area contributed by atoms with Crippen LogP contribution in [-0.2, 0) is 4.74 Å². The summed E-state index contributed by atoms with van der Waals surface area (Å²) >= 11 is 1.55. The Balaban J connectivity index is 1.47. The summed E-state index contributed by atoms with van der Waals surface area (Å²) < 4.78 is 58.0. The van der Waals surface area contributed by atoms with Crippen molar-refractivity contribution in [2.75, 3.05) is 68.5 Å². The maximum atomic E-state index is 14.6. The van der Waals surface area contributed by atoms with Crippen molar-refractivity contribution in [3.8, 4) is 0 Å². The van der Waals surface area contributed by atoms with Crippen LogP contribution in [0, 0.1) is 5.82 Å². The second-order valence-electron chi connectivity index (χ2n) is 8.25. The van der Waals surface area contributed by atoms with Gasteiger partial charge in [0.1, 0.15) is 5.82 Å². The molecule has 2 heterocycles. The Hall–Kier alpha value is -2.79. The van der Waals surface area contributed by atoms with Crippen LogP contribution in [-0.4, -0.2) is 81.5 Å². The zero-order chi connectivity index (χ0) is 25.2. The first-order valence-electron chi connectivity index (χ1n) is 11.1. The second-order valence-corrected chi connectivity index (χ2v) is 9.13. The van der Waals surface area contributed by atoms with Crippen molar-refractivity contribution in [2.45, 2.75) is 11.1 Å². The molecule has 2 saturated heterocycles. The minimum Gasteiger partial charge on any atom is -0.378 e. The molecule has 0 aromatic heterocycles. The first kappa shape index (κ1) is 25.3. The third kappa shape index (κ3) is 5.56. The van der Waals surface area contributed by atoms with Gasteiger partial charge in [-0.1, -0.05) is 0 Å². The molecule has 0 atom stereocenters. The van der Waals surface area contributed by atoms with Gasteiger partial charge < -0.3 is 19.4 Å². The number of carbonyl (C=O) groups is 2. The van der Waals surface area contributed by atoms with Crippen molar-refractivity contribution in [1.82, 2.24) is 4.90 Å². The third-order valence-corrected chi connectivity index (χ3v) is 6.89. The van der Waals surface area contributed by atoms with E-state index >= 15 is 0 Å². The van der Waals surface area contributed by atoms with Crippen LogP contribution in [0.5, 0.6) is 0 Å². The van der Waals surface area contributed by atoms with Gasteiger partial charge in [0, 0.05) is 55.4 Å². The first-order valence-corrected chi connectivity index (χ1v) is 12.4. The van der Waals surface area contributed by atoms with Crippen LogP contribution in [0.4, 0.5) is 28.9 Å². The Morgan fingerprint density at radius 1 is 0.886 bits per heavy atom. The lowest BCUT2D eigenvalue weighted by Crippen LogP contribution is -2.49. The SMILES string of the molecule is CSc1ccc(N2CCOCC2)c(C(=O)N2CCN(c3ccc(C(=O)C(F)(F)F)cc3F)CC2)c1. The van der Waals surface area contributed by atoms with Gasteiger partial charge in [0.25, 0.3) is 11.7 Å². The zero-order valence-corrected chi connectivity index (χ0v) is 19.9. The Morgan fingerprint density at radius 2 is 1.51 bits per heavy atom.